The molecule has 24 heavy (non-hydrogen) atoms. The molecule has 2 aromatic carbocycles. The first-order valence-electron chi connectivity index (χ1n) is 7.77. The molecule has 4 nitrogen and oxygen atoms in total. The molecule has 0 heterocycles. The van der Waals surface area contributed by atoms with Gasteiger partial charge in [-0.05, 0) is 56.4 Å². The van der Waals surface area contributed by atoms with Gasteiger partial charge in [-0.2, -0.15) is 0 Å². The highest BCUT2D eigenvalue weighted by molar-refractivity contribution is 5.95. The molecular weight excluding hydrogens is 307 g/mol. The van der Waals surface area contributed by atoms with Crippen molar-refractivity contribution in [2.75, 3.05) is 27.7 Å². The molecule has 0 fully saturated rings. The lowest BCUT2D eigenvalue weighted by atomic mass is 10.0. The number of nitrogens with zero attached hydrogens (tertiary/aromatic N) is 1. The van der Waals surface area contributed by atoms with E-state index in [2.05, 4.69) is 5.32 Å². The van der Waals surface area contributed by atoms with Gasteiger partial charge in [0.1, 0.15) is 11.6 Å². The Balaban J connectivity index is 2.10. The third kappa shape index (κ3) is 4.32. The normalized spacial score (nSPS) is 12.1. The number of hydrogen-bond acceptors (Lipinski definition) is 3. The molecule has 1 unspecified atom stereocenters. The topological polar surface area (TPSA) is 41.6 Å². The van der Waals surface area contributed by atoms with Crippen molar-refractivity contribution >= 4 is 5.91 Å². The average molecular weight is 330 g/mol. The Labute approximate surface area is 142 Å². The summed E-state index contributed by atoms with van der Waals surface area (Å²) in [6, 6.07) is 12.0. The first-order chi connectivity index (χ1) is 11.4. The van der Waals surface area contributed by atoms with Crippen LogP contribution < -0.4 is 10.1 Å². The smallest absolute Gasteiger partial charge is 0.251 e. The van der Waals surface area contributed by atoms with Gasteiger partial charge in [-0.1, -0.05) is 18.2 Å². The van der Waals surface area contributed by atoms with E-state index in [-0.39, 0.29) is 11.9 Å². The number of benzene rings is 2. The second kappa shape index (κ2) is 7.93. The highest BCUT2D eigenvalue weighted by atomic mass is 19.1. The summed E-state index contributed by atoms with van der Waals surface area (Å²) in [5, 5.41) is 2.90. The van der Waals surface area contributed by atoms with Crippen molar-refractivity contribution in [1.29, 1.82) is 0 Å². The summed E-state index contributed by atoms with van der Waals surface area (Å²) in [5.74, 6) is 0.105. The third-order valence-corrected chi connectivity index (χ3v) is 4.02. The minimum atomic E-state index is -0.412. The van der Waals surface area contributed by atoms with E-state index < -0.39 is 5.82 Å². The van der Waals surface area contributed by atoms with Gasteiger partial charge in [-0.15, -0.1) is 0 Å². The van der Waals surface area contributed by atoms with E-state index in [0.29, 0.717) is 12.1 Å². The zero-order valence-electron chi connectivity index (χ0n) is 14.5. The maximum atomic E-state index is 13.4. The van der Waals surface area contributed by atoms with Crippen LogP contribution in [0.2, 0.25) is 0 Å². The van der Waals surface area contributed by atoms with Gasteiger partial charge >= 0.3 is 0 Å². The summed E-state index contributed by atoms with van der Waals surface area (Å²) < 4.78 is 18.5. The molecule has 0 spiro atoms. The van der Waals surface area contributed by atoms with Crippen molar-refractivity contribution < 1.29 is 13.9 Å². The van der Waals surface area contributed by atoms with Crippen LogP contribution in [-0.4, -0.2) is 38.6 Å². The molecular formula is C19H23FN2O2. The number of hydrogen-bond donors (Lipinski definition) is 1. The van der Waals surface area contributed by atoms with E-state index in [9.17, 15) is 9.18 Å². The second-order valence-corrected chi connectivity index (χ2v) is 5.92. The molecule has 5 heteroatoms. The highest BCUT2D eigenvalue weighted by Crippen LogP contribution is 2.21. The number of methoxy groups -OCH3 is 1. The summed E-state index contributed by atoms with van der Waals surface area (Å²) in [6.07, 6.45) is 0. The van der Waals surface area contributed by atoms with Gasteiger partial charge in [0.2, 0.25) is 0 Å². The van der Waals surface area contributed by atoms with Gasteiger partial charge in [0.25, 0.3) is 5.91 Å². The largest absolute Gasteiger partial charge is 0.497 e. The number of nitrogens with one attached hydrogen (secondary N) is 1. The van der Waals surface area contributed by atoms with Crippen LogP contribution in [0, 0.1) is 12.7 Å². The van der Waals surface area contributed by atoms with E-state index in [1.54, 1.807) is 20.1 Å². The number of carbonyl (C=O) groups excluding carboxylic acids is 1. The number of amides is 1. The Hall–Kier alpha value is -2.40. The summed E-state index contributed by atoms with van der Waals surface area (Å²) in [7, 11) is 5.53. The molecule has 2 aromatic rings. The van der Waals surface area contributed by atoms with Gasteiger partial charge < -0.3 is 15.0 Å². The minimum absolute atomic E-state index is 0.00808. The Bertz CT molecular complexity index is 699. The fraction of sp³-hybridized carbons (Fsp3) is 0.316. The molecule has 0 aliphatic rings. The van der Waals surface area contributed by atoms with E-state index >= 15 is 0 Å². The summed E-state index contributed by atoms with van der Waals surface area (Å²) >= 11 is 0. The summed E-state index contributed by atoms with van der Waals surface area (Å²) in [6.45, 7) is 2.22. The number of likely N-dealkylation sites (N-methyl/N-ethyl adjacent to an activating group) is 1. The molecule has 0 aliphatic carbocycles. The predicted molar refractivity (Wildman–Crippen MR) is 92.9 cm³/mol. The van der Waals surface area contributed by atoms with E-state index in [1.807, 2.05) is 43.3 Å². The van der Waals surface area contributed by atoms with Crippen LogP contribution in [-0.2, 0) is 0 Å². The maximum Gasteiger partial charge on any atom is 0.251 e. The van der Waals surface area contributed by atoms with Gasteiger partial charge in [0.05, 0.1) is 13.2 Å². The fourth-order valence-electron chi connectivity index (χ4n) is 2.55. The van der Waals surface area contributed by atoms with Gasteiger partial charge in [0, 0.05) is 12.1 Å². The number of aryl methyl sites for hydroxylation is 1. The van der Waals surface area contributed by atoms with Crippen molar-refractivity contribution in [3.63, 3.8) is 0 Å². The molecule has 2 rings (SSSR count). The quantitative estimate of drug-likeness (QED) is 0.884. The molecule has 0 aliphatic heterocycles. The van der Waals surface area contributed by atoms with Crippen LogP contribution in [0.25, 0.3) is 0 Å². The molecule has 0 saturated heterocycles. The van der Waals surface area contributed by atoms with Crippen LogP contribution in [0.5, 0.6) is 5.75 Å². The van der Waals surface area contributed by atoms with Crippen LogP contribution in [0.1, 0.15) is 27.5 Å². The maximum absolute atomic E-state index is 13.4. The first kappa shape index (κ1) is 17.9. The Morgan fingerprint density at radius 3 is 2.46 bits per heavy atom. The summed E-state index contributed by atoms with van der Waals surface area (Å²) in [4.78, 5) is 14.4. The molecule has 1 N–H and O–H groups in total. The Kier molecular flexibility index (Phi) is 5.93. The van der Waals surface area contributed by atoms with Crippen molar-refractivity contribution in [1.82, 2.24) is 10.2 Å². The van der Waals surface area contributed by atoms with Crippen LogP contribution in [0.3, 0.4) is 0 Å². The molecule has 0 saturated carbocycles. The van der Waals surface area contributed by atoms with Crippen LogP contribution in [0.4, 0.5) is 4.39 Å². The van der Waals surface area contributed by atoms with E-state index in [1.165, 1.54) is 12.1 Å². The lowest BCUT2D eigenvalue weighted by Gasteiger charge is -2.25. The molecule has 1 amide bonds. The third-order valence-electron chi connectivity index (χ3n) is 4.02. The molecule has 0 aromatic heterocycles. The van der Waals surface area contributed by atoms with E-state index in [0.717, 1.165) is 16.9 Å². The monoisotopic (exact) mass is 330 g/mol. The molecule has 128 valence electrons. The number of rotatable bonds is 6. The zero-order valence-corrected chi connectivity index (χ0v) is 14.5. The van der Waals surface area contributed by atoms with Crippen molar-refractivity contribution in [2.24, 2.45) is 0 Å². The zero-order chi connectivity index (χ0) is 17.7. The second-order valence-electron chi connectivity index (χ2n) is 5.92. The molecule has 1 atom stereocenters. The van der Waals surface area contributed by atoms with Crippen LogP contribution >= 0.6 is 0 Å². The Morgan fingerprint density at radius 2 is 1.88 bits per heavy atom. The minimum Gasteiger partial charge on any atom is -0.497 e. The number of halogens is 1. The first-order valence-corrected chi connectivity index (χ1v) is 7.77. The standard InChI is InChI=1S/C19H23FN2O2/c1-13-5-8-15(20)11-17(13)19(23)21-12-18(22(2)3)14-6-9-16(24-4)10-7-14/h5-11,18H,12H2,1-4H3,(H,21,23). The lowest BCUT2D eigenvalue weighted by molar-refractivity contribution is 0.0941. The van der Waals surface area contributed by atoms with Crippen LogP contribution in [0.15, 0.2) is 42.5 Å². The van der Waals surface area contributed by atoms with Gasteiger partial charge in [-0.3, -0.25) is 4.79 Å². The summed E-state index contributed by atoms with van der Waals surface area (Å²) in [5.41, 5.74) is 2.18. The van der Waals surface area contributed by atoms with Crippen molar-refractivity contribution in [3.05, 3.63) is 65.0 Å². The van der Waals surface area contributed by atoms with E-state index in [4.69, 9.17) is 4.74 Å². The fourth-order valence-corrected chi connectivity index (χ4v) is 2.55. The van der Waals surface area contributed by atoms with Crippen molar-refractivity contribution in [2.45, 2.75) is 13.0 Å². The Morgan fingerprint density at radius 1 is 1.21 bits per heavy atom. The predicted octanol–water partition coefficient (Wildman–Crippen LogP) is 3.18. The van der Waals surface area contributed by atoms with Gasteiger partial charge in [0.15, 0.2) is 0 Å². The molecule has 0 radical (unpaired) electrons. The van der Waals surface area contributed by atoms with Gasteiger partial charge in [-0.25, -0.2) is 4.39 Å². The number of ether oxygens (including phenoxy) is 1. The highest BCUT2D eigenvalue weighted by Gasteiger charge is 2.17. The SMILES string of the molecule is COc1ccc(C(CNC(=O)c2cc(F)ccc2C)N(C)C)cc1. The average Bonchev–Trinajstić information content (AvgIpc) is 2.57. The number of carbonyl (C=O) groups is 1. The lowest BCUT2D eigenvalue weighted by Crippen LogP contribution is -2.34. The molecule has 0 bridgehead atoms. The van der Waals surface area contributed by atoms with Crippen molar-refractivity contribution in [3.8, 4) is 5.75 Å².